The van der Waals surface area contributed by atoms with Gasteiger partial charge in [0.15, 0.2) is 0 Å². The van der Waals surface area contributed by atoms with Crippen molar-refractivity contribution in [3.8, 4) is 0 Å². The molecule has 0 unspecified atom stereocenters. The molecule has 0 spiro atoms. The average Bonchev–Trinajstić information content (AvgIpc) is 1.94. The van der Waals surface area contributed by atoms with Crippen LogP contribution in [0.4, 0.5) is 0 Å². The van der Waals surface area contributed by atoms with Crippen LogP contribution in [0.2, 0.25) is 49.2 Å². The van der Waals surface area contributed by atoms with Crippen molar-refractivity contribution in [1.82, 2.24) is 2.94 Å². The number of hydrogen-bond donors (Lipinski definition) is 0. The monoisotopic (exact) mass is 287 g/mol. The fourth-order valence-electron chi connectivity index (χ4n) is 2.76. The van der Waals surface area contributed by atoms with Crippen molar-refractivity contribution >= 4 is 32.9 Å². The summed E-state index contributed by atoms with van der Waals surface area (Å²) in [5.41, 5.74) is 0. The molecule has 0 aromatic heterocycles. The fourth-order valence-corrected chi connectivity index (χ4v) is 33.3. The Bertz CT molecular complexity index is 154. The quantitative estimate of drug-likeness (QED) is 0.691. The summed E-state index contributed by atoms with van der Waals surface area (Å²) in [6, 6.07) is 0. The molecule has 0 atom stereocenters. The molecule has 4 heteroatoms. The Kier molecular flexibility index (Phi) is 5.78. The molecule has 0 aliphatic rings. The zero-order chi connectivity index (χ0) is 11.6. The van der Waals surface area contributed by atoms with Crippen LogP contribution < -0.4 is 0 Å². The van der Waals surface area contributed by atoms with Crippen molar-refractivity contribution < 1.29 is 0 Å². The summed E-state index contributed by atoms with van der Waals surface area (Å²) in [6.45, 7) is 20.1. The van der Waals surface area contributed by atoms with Gasteiger partial charge in [-0.2, -0.15) is 0 Å². The minimum atomic E-state index is -1.10. The third kappa shape index (κ3) is 4.26. The first-order chi connectivity index (χ1) is 6.14. The van der Waals surface area contributed by atoms with E-state index in [1.807, 2.05) is 0 Å². The summed E-state index contributed by atoms with van der Waals surface area (Å²) < 4.78 is 3.12. The second-order valence-corrected chi connectivity index (χ2v) is 25.7. The molecule has 0 saturated carbocycles. The van der Waals surface area contributed by atoms with Crippen LogP contribution in [0.25, 0.3) is 0 Å². The molecule has 0 saturated heterocycles. The molecule has 0 aliphatic heterocycles. The van der Waals surface area contributed by atoms with Crippen LogP contribution in [0.3, 0.4) is 0 Å². The van der Waals surface area contributed by atoms with Crippen molar-refractivity contribution in [3.63, 3.8) is 0 Å². The van der Waals surface area contributed by atoms with E-state index in [9.17, 15) is 0 Å². The maximum atomic E-state index is 3.12. The average molecular weight is 288 g/mol. The topological polar surface area (TPSA) is 3.24 Å². The van der Waals surface area contributed by atoms with Gasteiger partial charge in [-0.3, -0.25) is 0 Å². The fraction of sp³-hybridized carbons (Fsp3) is 1.00. The van der Waals surface area contributed by atoms with Gasteiger partial charge in [-0.25, -0.2) is 0 Å². The van der Waals surface area contributed by atoms with Crippen molar-refractivity contribution in [2.24, 2.45) is 0 Å². The molecule has 0 bridgehead atoms. The van der Waals surface area contributed by atoms with Crippen LogP contribution in [-0.4, -0.2) is 35.9 Å². The van der Waals surface area contributed by atoms with E-state index in [2.05, 4.69) is 56.1 Å². The predicted octanol–water partition coefficient (Wildman–Crippen LogP) is 3.99. The first kappa shape index (κ1) is 15.0. The van der Waals surface area contributed by atoms with E-state index < -0.39 is 32.9 Å². The van der Waals surface area contributed by atoms with Gasteiger partial charge >= 0.3 is 98.9 Å². The van der Waals surface area contributed by atoms with Crippen molar-refractivity contribution in [3.05, 3.63) is 0 Å². The zero-order valence-corrected chi connectivity index (χ0v) is 15.9. The molecule has 84 valence electrons. The molecule has 0 N–H and O–H groups in total. The second kappa shape index (κ2) is 5.39. The van der Waals surface area contributed by atoms with Crippen LogP contribution in [0.1, 0.15) is 13.8 Å². The van der Waals surface area contributed by atoms with Crippen LogP contribution in [0, 0.1) is 0 Å². The number of rotatable bonds is 5. The van der Waals surface area contributed by atoms with E-state index >= 15 is 0 Å². The summed E-state index contributed by atoms with van der Waals surface area (Å²) in [5, 5.41) is 0. The first-order valence-corrected chi connectivity index (χ1v) is 17.3. The Morgan fingerprint density at radius 3 is 1.14 bits per heavy atom. The summed E-state index contributed by atoms with van der Waals surface area (Å²) in [4.78, 5) is 3.00. The predicted molar refractivity (Wildman–Crippen MR) is 75.2 cm³/mol. The van der Waals surface area contributed by atoms with Gasteiger partial charge in [0.1, 0.15) is 0 Å². The summed E-state index contributed by atoms with van der Waals surface area (Å²) >= 11 is -1.10. The first-order valence-electron chi connectivity index (χ1n) is 5.94. The van der Waals surface area contributed by atoms with Gasteiger partial charge in [0, 0.05) is 0 Å². The van der Waals surface area contributed by atoms with E-state index in [0.717, 1.165) is 0 Å². The van der Waals surface area contributed by atoms with Crippen molar-refractivity contribution in [2.45, 2.75) is 63.1 Å². The van der Waals surface area contributed by atoms with Crippen molar-refractivity contribution in [2.75, 3.05) is 0 Å². The molecule has 1 nitrogen and oxygen atoms in total. The van der Waals surface area contributed by atoms with E-state index in [1.165, 1.54) is 9.95 Å². The molecule has 0 aliphatic carbocycles. The summed E-state index contributed by atoms with van der Waals surface area (Å²) in [7, 11) is -2.10. The summed E-state index contributed by atoms with van der Waals surface area (Å²) in [5.74, 6) is 0. The number of nitrogens with zero attached hydrogens (tertiary/aromatic N) is 1. The normalized spacial score (nSPS) is 13.5. The Morgan fingerprint density at radius 2 is 1.07 bits per heavy atom. The van der Waals surface area contributed by atoms with Gasteiger partial charge in [-0.1, -0.05) is 0 Å². The van der Waals surface area contributed by atoms with Crippen LogP contribution in [0.5, 0.6) is 0 Å². The van der Waals surface area contributed by atoms with E-state index in [1.54, 1.807) is 0 Å². The molecule has 0 heterocycles. The summed E-state index contributed by atoms with van der Waals surface area (Å²) in [6.07, 6.45) is 0. The molecule has 0 aromatic carbocycles. The molecule has 14 heavy (non-hydrogen) atoms. The van der Waals surface area contributed by atoms with E-state index in [-0.39, 0.29) is 0 Å². The molecule has 0 aromatic rings. The van der Waals surface area contributed by atoms with Gasteiger partial charge in [0.05, 0.1) is 0 Å². The Morgan fingerprint density at radius 1 is 0.786 bits per heavy atom. The standard InChI is InChI=1S/C6H18NSi2.2C2H5.Ga/c1-8(2,3)7-9(4,5)6;2*1-2;/h1-6H3;2*1H2,2H3;/q-1;;;+1. The molecular formula is C10H28GaNSi2. The molecule has 0 amide bonds. The zero-order valence-electron chi connectivity index (χ0n) is 11.4. The van der Waals surface area contributed by atoms with Gasteiger partial charge in [0.25, 0.3) is 0 Å². The third-order valence-corrected chi connectivity index (χ3v) is 28.7. The second-order valence-electron chi connectivity index (χ2n) is 6.18. The van der Waals surface area contributed by atoms with Gasteiger partial charge in [-0.05, 0) is 0 Å². The Labute approximate surface area is 98.7 Å². The molecule has 0 fully saturated rings. The molecular weight excluding hydrogens is 260 g/mol. The molecule has 0 rings (SSSR count). The SMILES string of the molecule is C[CH2][Ga]([CH2]C)[N]([Si](C)(C)C)[Si](C)(C)C. The Hall–Kier alpha value is 1.03. The maximum absolute atomic E-state index is 3.12. The van der Waals surface area contributed by atoms with Gasteiger partial charge < -0.3 is 0 Å². The van der Waals surface area contributed by atoms with Crippen LogP contribution >= 0.6 is 0 Å². The van der Waals surface area contributed by atoms with E-state index in [4.69, 9.17) is 0 Å². The Balaban J connectivity index is 4.91. The molecule has 0 radical (unpaired) electrons. The van der Waals surface area contributed by atoms with Crippen LogP contribution in [-0.2, 0) is 0 Å². The third-order valence-electron chi connectivity index (χ3n) is 2.75. The van der Waals surface area contributed by atoms with Crippen molar-refractivity contribution in [1.29, 1.82) is 0 Å². The van der Waals surface area contributed by atoms with Gasteiger partial charge in [-0.15, -0.1) is 0 Å². The number of hydrogen-bond acceptors (Lipinski definition) is 1. The minimum absolute atomic E-state index is 1.05. The van der Waals surface area contributed by atoms with Gasteiger partial charge in [0.2, 0.25) is 0 Å². The van der Waals surface area contributed by atoms with Crippen LogP contribution in [0.15, 0.2) is 0 Å². The van der Waals surface area contributed by atoms with E-state index in [0.29, 0.717) is 0 Å².